The van der Waals surface area contributed by atoms with Gasteiger partial charge in [0.15, 0.2) is 0 Å². The van der Waals surface area contributed by atoms with E-state index in [-0.39, 0.29) is 5.41 Å². The van der Waals surface area contributed by atoms with E-state index >= 15 is 0 Å². The normalized spacial score (nSPS) is 12.9. The van der Waals surface area contributed by atoms with E-state index in [9.17, 15) is 0 Å². The molecule has 234 valence electrons. The number of hydrogen-bond acceptors (Lipinski definition) is 2. The number of hydrogen-bond donors (Lipinski definition) is 0. The summed E-state index contributed by atoms with van der Waals surface area (Å²) in [6.07, 6.45) is 0. The molecule has 0 bridgehead atoms. The molecule has 0 aliphatic heterocycles. The molecule has 0 fully saturated rings. The van der Waals surface area contributed by atoms with Gasteiger partial charge in [-0.15, -0.1) is 0 Å². The van der Waals surface area contributed by atoms with Crippen LogP contribution in [-0.2, 0) is 5.41 Å². The molecule has 0 unspecified atom stereocenters. The van der Waals surface area contributed by atoms with Crippen LogP contribution in [0.2, 0.25) is 0 Å². The Morgan fingerprint density at radius 2 is 0.898 bits per heavy atom. The van der Waals surface area contributed by atoms with Gasteiger partial charge in [-0.1, -0.05) is 123 Å². The molecule has 1 aliphatic rings. The van der Waals surface area contributed by atoms with Gasteiger partial charge in [0.2, 0.25) is 0 Å². The number of rotatable bonds is 6. The molecule has 0 saturated carbocycles. The summed E-state index contributed by atoms with van der Waals surface area (Å²) in [5.41, 5.74) is 12.1. The SMILES string of the molecule is CC1(C)c2ccccc2-c2cc3ccc4cccc(N(c5ccccc5)c5cccc(N(c6ccccc6)c6ccccc6)c5)c4c3cc21. The lowest BCUT2D eigenvalue weighted by molar-refractivity contribution is 0.661. The molecular weight excluding hydrogens is 593 g/mol. The van der Waals surface area contributed by atoms with E-state index in [1.54, 1.807) is 0 Å². The molecule has 0 saturated heterocycles. The van der Waals surface area contributed by atoms with Crippen molar-refractivity contribution in [2.45, 2.75) is 19.3 Å². The Morgan fingerprint density at radius 1 is 0.367 bits per heavy atom. The number of anilines is 6. The van der Waals surface area contributed by atoms with Crippen LogP contribution >= 0.6 is 0 Å². The predicted octanol–water partition coefficient (Wildman–Crippen LogP) is 13.2. The third-order valence-corrected chi connectivity index (χ3v) is 10.2. The van der Waals surface area contributed by atoms with Crippen LogP contribution in [0, 0.1) is 0 Å². The molecule has 0 amide bonds. The summed E-state index contributed by atoms with van der Waals surface area (Å²) in [5, 5.41) is 5.02. The highest BCUT2D eigenvalue weighted by Crippen LogP contribution is 2.51. The number of fused-ring (bicyclic) bond motifs is 6. The lowest BCUT2D eigenvalue weighted by atomic mass is 9.81. The maximum Gasteiger partial charge on any atom is 0.0546 e. The molecule has 2 nitrogen and oxygen atoms in total. The lowest BCUT2D eigenvalue weighted by Gasteiger charge is -2.30. The third kappa shape index (κ3) is 4.79. The van der Waals surface area contributed by atoms with Crippen LogP contribution < -0.4 is 9.80 Å². The number of benzene rings is 8. The topological polar surface area (TPSA) is 6.48 Å². The monoisotopic (exact) mass is 628 g/mol. The van der Waals surface area contributed by atoms with Crippen molar-refractivity contribution >= 4 is 55.7 Å². The zero-order valence-corrected chi connectivity index (χ0v) is 27.7. The minimum absolute atomic E-state index is 0.0803. The van der Waals surface area contributed by atoms with Gasteiger partial charge in [0.25, 0.3) is 0 Å². The van der Waals surface area contributed by atoms with E-state index in [2.05, 4.69) is 206 Å². The average Bonchev–Trinajstić information content (AvgIpc) is 3.38. The molecular formula is C47H36N2. The molecule has 9 rings (SSSR count). The Morgan fingerprint density at radius 3 is 1.57 bits per heavy atom. The van der Waals surface area contributed by atoms with Crippen LogP contribution in [0.1, 0.15) is 25.0 Å². The second kappa shape index (κ2) is 11.5. The number of nitrogens with zero attached hydrogens (tertiary/aromatic N) is 2. The van der Waals surface area contributed by atoms with E-state index in [0.717, 1.165) is 34.1 Å². The van der Waals surface area contributed by atoms with Crippen molar-refractivity contribution in [2.75, 3.05) is 9.80 Å². The first kappa shape index (κ1) is 29.1. The van der Waals surface area contributed by atoms with Gasteiger partial charge in [-0.3, -0.25) is 0 Å². The molecule has 0 atom stereocenters. The molecule has 8 aromatic rings. The van der Waals surface area contributed by atoms with Crippen LogP contribution in [0.4, 0.5) is 34.1 Å². The molecule has 2 heteroatoms. The van der Waals surface area contributed by atoms with Gasteiger partial charge >= 0.3 is 0 Å². The van der Waals surface area contributed by atoms with Gasteiger partial charge in [0, 0.05) is 39.2 Å². The Kier molecular flexibility index (Phi) is 6.84. The van der Waals surface area contributed by atoms with Crippen LogP contribution in [0.25, 0.3) is 32.7 Å². The average molecular weight is 629 g/mol. The van der Waals surface area contributed by atoms with Crippen LogP contribution in [0.5, 0.6) is 0 Å². The van der Waals surface area contributed by atoms with E-state index in [0.29, 0.717) is 0 Å². The Labute approximate surface area is 288 Å². The maximum atomic E-state index is 2.47. The highest BCUT2D eigenvalue weighted by molar-refractivity contribution is 6.16. The van der Waals surface area contributed by atoms with Crippen LogP contribution in [0.15, 0.2) is 182 Å². The van der Waals surface area contributed by atoms with Crippen LogP contribution in [0.3, 0.4) is 0 Å². The van der Waals surface area contributed by atoms with Crippen molar-refractivity contribution in [3.05, 3.63) is 193 Å². The minimum atomic E-state index is -0.0803. The summed E-state index contributed by atoms with van der Waals surface area (Å²) in [6, 6.07) is 66.0. The van der Waals surface area contributed by atoms with Crippen molar-refractivity contribution in [1.29, 1.82) is 0 Å². The van der Waals surface area contributed by atoms with Crippen LogP contribution in [-0.4, -0.2) is 0 Å². The lowest BCUT2D eigenvalue weighted by Crippen LogP contribution is -2.15. The molecule has 0 heterocycles. The van der Waals surface area contributed by atoms with Crippen molar-refractivity contribution in [3.63, 3.8) is 0 Å². The van der Waals surface area contributed by atoms with Gasteiger partial charge in [-0.25, -0.2) is 0 Å². The van der Waals surface area contributed by atoms with Gasteiger partial charge in [-0.2, -0.15) is 0 Å². The van der Waals surface area contributed by atoms with E-state index in [1.807, 2.05) is 0 Å². The zero-order valence-electron chi connectivity index (χ0n) is 27.7. The van der Waals surface area contributed by atoms with Gasteiger partial charge in [0.05, 0.1) is 5.69 Å². The fourth-order valence-electron chi connectivity index (χ4n) is 7.85. The fraction of sp³-hybridized carbons (Fsp3) is 0.0638. The summed E-state index contributed by atoms with van der Waals surface area (Å²) in [5.74, 6) is 0. The quantitative estimate of drug-likeness (QED) is 0.169. The van der Waals surface area contributed by atoms with Gasteiger partial charge in [-0.05, 0) is 111 Å². The first-order valence-electron chi connectivity index (χ1n) is 17.0. The second-order valence-electron chi connectivity index (χ2n) is 13.4. The molecule has 0 spiro atoms. The predicted molar refractivity (Wildman–Crippen MR) is 208 cm³/mol. The van der Waals surface area contributed by atoms with Crippen molar-refractivity contribution in [2.24, 2.45) is 0 Å². The molecule has 0 N–H and O–H groups in total. The standard InChI is InChI=1S/C47H36N2/c1-47(2)43-26-13-12-25-40(43)42-30-34-29-28-33-16-14-27-45(46(33)41(34)32-44(42)47)49(37-21-10-5-11-22-37)39-24-15-23-38(31-39)48(35-17-6-3-7-18-35)36-19-8-4-9-20-36/h3-32H,1-2H3. The minimum Gasteiger partial charge on any atom is -0.310 e. The highest BCUT2D eigenvalue weighted by atomic mass is 15.2. The van der Waals surface area contributed by atoms with Crippen molar-refractivity contribution in [3.8, 4) is 11.1 Å². The number of para-hydroxylation sites is 3. The molecule has 0 aromatic heterocycles. The first-order valence-corrected chi connectivity index (χ1v) is 17.0. The van der Waals surface area contributed by atoms with Crippen molar-refractivity contribution in [1.82, 2.24) is 0 Å². The van der Waals surface area contributed by atoms with Crippen molar-refractivity contribution < 1.29 is 0 Å². The largest absolute Gasteiger partial charge is 0.310 e. The Hall–Kier alpha value is -6.12. The third-order valence-electron chi connectivity index (χ3n) is 10.2. The Balaban J connectivity index is 1.28. The van der Waals surface area contributed by atoms with E-state index in [1.165, 1.54) is 43.8 Å². The molecule has 1 aliphatic carbocycles. The smallest absolute Gasteiger partial charge is 0.0546 e. The molecule has 0 radical (unpaired) electrons. The molecule has 8 aromatic carbocycles. The Bertz CT molecular complexity index is 2430. The van der Waals surface area contributed by atoms with Gasteiger partial charge in [0.1, 0.15) is 0 Å². The summed E-state index contributed by atoms with van der Waals surface area (Å²) in [7, 11) is 0. The fourth-order valence-corrected chi connectivity index (χ4v) is 7.85. The summed E-state index contributed by atoms with van der Waals surface area (Å²) in [6.45, 7) is 4.73. The summed E-state index contributed by atoms with van der Waals surface area (Å²) >= 11 is 0. The molecule has 49 heavy (non-hydrogen) atoms. The summed E-state index contributed by atoms with van der Waals surface area (Å²) < 4.78 is 0. The zero-order chi connectivity index (χ0) is 33.0. The van der Waals surface area contributed by atoms with E-state index < -0.39 is 0 Å². The summed E-state index contributed by atoms with van der Waals surface area (Å²) in [4.78, 5) is 4.75. The van der Waals surface area contributed by atoms with Gasteiger partial charge < -0.3 is 9.80 Å². The highest BCUT2D eigenvalue weighted by Gasteiger charge is 2.35. The maximum absolute atomic E-state index is 2.47. The first-order chi connectivity index (χ1) is 24.1. The van der Waals surface area contributed by atoms with E-state index in [4.69, 9.17) is 0 Å². The second-order valence-corrected chi connectivity index (χ2v) is 13.4.